The molecule has 0 spiro atoms. The van der Waals surface area contributed by atoms with Gasteiger partial charge in [-0.1, -0.05) is 35.4 Å². The van der Waals surface area contributed by atoms with Crippen LogP contribution in [0.15, 0.2) is 48.5 Å². The van der Waals surface area contributed by atoms with Crippen LogP contribution in [-0.2, 0) is 4.79 Å². The number of hydrogen-bond acceptors (Lipinski definition) is 2. The first-order chi connectivity index (χ1) is 11.0. The Morgan fingerprint density at radius 2 is 1.96 bits per heavy atom. The summed E-state index contributed by atoms with van der Waals surface area (Å²) in [6, 6.07) is 14.0. The summed E-state index contributed by atoms with van der Waals surface area (Å²) < 4.78 is 0. The topological polar surface area (TPSA) is 49.4 Å². The Kier molecular flexibility index (Phi) is 4.35. The lowest BCUT2D eigenvalue weighted by Gasteiger charge is -2.17. The summed E-state index contributed by atoms with van der Waals surface area (Å²) >= 11 is 5.90. The minimum atomic E-state index is -0.497. The van der Waals surface area contributed by atoms with E-state index in [1.807, 2.05) is 31.2 Å². The van der Waals surface area contributed by atoms with Gasteiger partial charge in [0.1, 0.15) is 6.04 Å². The van der Waals surface area contributed by atoms with E-state index in [0.29, 0.717) is 23.6 Å². The molecule has 5 heteroatoms. The predicted octanol–water partition coefficient (Wildman–Crippen LogP) is 3.18. The van der Waals surface area contributed by atoms with E-state index in [1.54, 1.807) is 29.2 Å². The van der Waals surface area contributed by atoms with Crippen molar-refractivity contribution in [1.29, 1.82) is 0 Å². The molecule has 1 aliphatic heterocycles. The molecule has 0 aromatic heterocycles. The Hall–Kier alpha value is -2.33. The molecule has 1 heterocycles. The molecule has 0 aliphatic carbocycles. The van der Waals surface area contributed by atoms with E-state index in [-0.39, 0.29) is 11.8 Å². The molecule has 3 rings (SSSR count). The standard InChI is InChI=1S/C18H17ClN2O2/c1-12-5-7-15(8-6-12)21-10-9-16(18(21)23)20-17(22)13-3-2-4-14(19)11-13/h2-8,11,16H,9-10H2,1H3,(H,20,22). The van der Waals surface area contributed by atoms with Gasteiger partial charge in [0, 0.05) is 22.8 Å². The van der Waals surface area contributed by atoms with Gasteiger partial charge >= 0.3 is 0 Å². The average Bonchev–Trinajstić information content (AvgIpc) is 2.89. The lowest BCUT2D eigenvalue weighted by molar-refractivity contribution is -0.118. The van der Waals surface area contributed by atoms with E-state index < -0.39 is 6.04 Å². The second kappa shape index (κ2) is 6.42. The molecular weight excluding hydrogens is 312 g/mol. The van der Waals surface area contributed by atoms with Crippen molar-refractivity contribution in [3.63, 3.8) is 0 Å². The first kappa shape index (κ1) is 15.6. The lowest BCUT2D eigenvalue weighted by atomic mass is 10.2. The third-order valence-corrected chi connectivity index (χ3v) is 4.18. The number of aryl methyl sites for hydroxylation is 1. The van der Waals surface area contributed by atoms with Crippen molar-refractivity contribution in [2.45, 2.75) is 19.4 Å². The lowest BCUT2D eigenvalue weighted by Crippen LogP contribution is -2.41. The zero-order chi connectivity index (χ0) is 16.4. The van der Waals surface area contributed by atoms with Gasteiger partial charge in [-0.15, -0.1) is 0 Å². The maximum Gasteiger partial charge on any atom is 0.251 e. The summed E-state index contributed by atoms with van der Waals surface area (Å²) in [4.78, 5) is 26.5. The number of carbonyl (C=O) groups excluding carboxylic acids is 2. The number of rotatable bonds is 3. The van der Waals surface area contributed by atoms with Gasteiger partial charge in [0.2, 0.25) is 5.91 Å². The Bertz CT molecular complexity index is 743. The molecule has 1 atom stereocenters. The van der Waals surface area contributed by atoms with E-state index in [2.05, 4.69) is 5.32 Å². The maximum absolute atomic E-state index is 12.5. The van der Waals surface area contributed by atoms with Gasteiger partial charge in [-0.2, -0.15) is 0 Å². The fourth-order valence-electron chi connectivity index (χ4n) is 2.67. The molecule has 1 N–H and O–H groups in total. The van der Waals surface area contributed by atoms with Crippen LogP contribution in [0, 0.1) is 6.92 Å². The number of nitrogens with one attached hydrogen (secondary N) is 1. The van der Waals surface area contributed by atoms with Gasteiger partial charge in [-0.3, -0.25) is 9.59 Å². The fraction of sp³-hybridized carbons (Fsp3) is 0.222. The first-order valence-corrected chi connectivity index (χ1v) is 7.87. The first-order valence-electron chi connectivity index (χ1n) is 7.49. The number of carbonyl (C=O) groups is 2. The normalized spacial score (nSPS) is 17.4. The largest absolute Gasteiger partial charge is 0.340 e. The van der Waals surface area contributed by atoms with Crippen molar-refractivity contribution in [1.82, 2.24) is 5.32 Å². The van der Waals surface area contributed by atoms with Crippen LogP contribution in [0.4, 0.5) is 5.69 Å². The predicted molar refractivity (Wildman–Crippen MR) is 90.9 cm³/mol. The summed E-state index contributed by atoms with van der Waals surface area (Å²) in [7, 11) is 0. The Balaban J connectivity index is 1.69. The quantitative estimate of drug-likeness (QED) is 0.940. The summed E-state index contributed by atoms with van der Waals surface area (Å²) in [5.74, 6) is -0.360. The van der Waals surface area contributed by atoms with E-state index in [1.165, 1.54) is 0 Å². The van der Waals surface area contributed by atoms with Gasteiger partial charge in [-0.25, -0.2) is 0 Å². The van der Waals surface area contributed by atoms with Crippen molar-refractivity contribution >= 4 is 29.1 Å². The zero-order valence-electron chi connectivity index (χ0n) is 12.8. The highest BCUT2D eigenvalue weighted by atomic mass is 35.5. The maximum atomic E-state index is 12.5. The monoisotopic (exact) mass is 328 g/mol. The summed E-state index contributed by atoms with van der Waals surface area (Å²) in [6.07, 6.45) is 0.596. The fourth-order valence-corrected chi connectivity index (χ4v) is 2.86. The second-order valence-corrected chi connectivity index (χ2v) is 6.09. The molecule has 1 saturated heterocycles. The van der Waals surface area contributed by atoms with E-state index in [9.17, 15) is 9.59 Å². The third-order valence-electron chi connectivity index (χ3n) is 3.94. The van der Waals surface area contributed by atoms with Crippen LogP contribution in [0.2, 0.25) is 5.02 Å². The van der Waals surface area contributed by atoms with E-state index >= 15 is 0 Å². The van der Waals surface area contributed by atoms with E-state index in [4.69, 9.17) is 11.6 Å². The summed E-state index contributed by atoms with van der Waals surface area (Å²) in [5, 5.41) is 3.29. The molecule has 118 valence electrons. The van der Waals surface area contributed by atoms with Crippen LogP contribution >= 0.6 is 11.6 Å². The minimum absolute atomic E-state index is 0.0794. The van der Waals surface area contributed by atoms with Crippen LogP contribution in [-0.4, -0.2) is 24.4 Å². The van der Waals surface area contributed by atoms with Gasteiger partial charge in [0.25, 0.3) is 5.91 Å². The van der Waals surface area contributed by atoms with Crippen LogP contribution in [0.5, 0.6) is 0 Å². The van der Waals surface area contributed by atoms with Gasteiger partial charge in [0.15, 0.2) is 0 Å². The molecule has 4 nitrogen and oxygen atoms in total. The summed E-state index contributed by atoms with van der Waals surface area (Å²) in [6.45, 7) is 2.60. The van der Waals surface area contributed by atoms with Gasteiger partial charge < -0.3 is 10.2 Å². The summed E-state index contributed by atoms with van der Waals surface area (Å²) in [5.41, 5.74) is 2.46. The van der Waals surface area contributed by atoms with Crippen molar-refractivity contribution in [2.75, 3.05) is 11.4 Å². The molecule has 0 saturated carbocycles. The molecule has 2 aromatic carbocycles. The number of benzene rings is 2. The smallest absolute Gasteiger partial charge is 0.251 e. The van der Waals surface area contributed by atoms with Crippen LogP contribution in [0.25, 0.3) is 0 Å². The van der Waals surface area contributed by atoms with Crippen LogP contribution < -0.4 is 10.2 Å². The number of hydrogen-bond donors (Lipinski definition) is 1. The zero-order valence-corrected chi connectivity index (χ0v) is 13.5. The third kappa shape index (κ3) is 3.37. The molecule has 2 aromatic rings. The van der Waals surface area contributed by atoms with Crippen molar-refractivity contribution < 1.29 is 9.59 Å². The number of amides is 2. The Labute approximate surface area is 140 Å². The molecule has 1 unspecified atom stereocenters. The molecule has 0 bridgehead atoms. The number of nitrogens with zero attached hydrogens (tertiary/aromatic N) is 1. The van der Waals surface area contributed by atoms with E-state index in [0.717, 1.165) is 11.3 Å². The van der Waals surface area contributed by atoms with Crippen molar-refractivity contribution in [3.05, 3.63) is 64.7 Å². The Morgan fingerprint density at radius 1 is 1.22 bits per heavy atom. The van der Waals surface area contributed by atoms with Crippen LogP contribution in [0.1, 0.15) is 22.3 Å². The number of anilines is 1. The number of halogens is 1. The molecule has 2 amide bonds. The second-order valence-electron chi connectivity index (χ2n) is 5.65. The highest BCUT2D eigenvalue weighted by molar-refractivity contribution is 6.31. The Morgan fingerprint density at radius 3 is 2.65 bits per heavy atom. The minimum Gasteiger partial charge on any atom is -0.340 e. The molecule has 1 aliphatic rings. The average molecular weight is 329 g/mol. The van der Waals surface area contributed by atoms with Gasteiger partial charge in [-0.05, 0) is 43.7 Å². The SMILES string of the molecule is Cc1ccc(N2CCC(NC(=O)c3cccc(Cl)c3)C2=O)cc1. The van der Waals surface area contributed by atoms with Gasteiger partial charge in [0.05, 0.1) is 0 Å². The molecule has 0 radical (unpaired) electrons. The highest BCUT2D eigenvalue weighted by Crippen LogP contribution is 2.22. The van der Waals surface area contributed by atoms with Crippen molar-refractivity contribution in [2.24, 2.45) is 0 Å². The van der Waals surface area contributed by atoms with Crippen LogP contribution in [0.3, 0.4) is 0 Å². The molecular formula is C18H17ClN2O2. The molecule has 23 heavy (non-hydrogen) atoms. The molecule has 1 fully saturated rings. The van der Waals surface area contributed by atoms with Crippen molar-refractivity contribution in [3.8, 4) is 0 Å². The highest BCUT2D eigenvalue weighted by Gasteiger charge is 2.33.